The molecule has 1 atom stereocenters. The predicted octanol–water partition coefficient (Wildman–Crippen LogP) is 3.08. The summed E-state index contributed by atoms with van der Waals surface area (Å²) in [4.78, 5) is 17.6. The Morgan fingerprint density at radius 3 is 2.72 bits per heavy atom. The number of hydrogen-bond acceptors (Lipinski definition) is 5. The lowest BCUT2D eigenvalue weighted by atomic mass is 10.3. The van der Waals surface area contributed by atoms with Crippen LogP contribution >= 0.6 is 11.9 Å². The van der Waals surface area contributed by atoms with Gasteiger partial charge in [0.2, 0.25) is 0 Å². The highest BCUT2D eigenvalue weighted by Gasteiger charge is 2.23. The standard InChI is InChI=1S/C16H14F2N4O2S/c1-22(12-4-2-3-11(18)9-12)16(23)20-15-19-14(21-25-15)24-13-7-5-10(17)6-8-13/h2-9,15H,1H3,(H,19,21)(H,20,23). The molecule has 2 aromatic rings. The van der Waals surface area contributed by atoms with Crippen LogP contribution in [0.4, 0.5) is 19.3 Å². The smallest absolute Gasteiger partial charge is 0.323 e. The van der Waals surface area contributed by atoms with E-state index in [4.69, 9.17) is 4.74 Å². The Bertz CT molecular complexity index is 801. The minimum atomic E-state index is -0.612. The maximum Gasteiger partial charge on any atom is 0.323 e. The van der Waals surface area contributed by atoms with Crippen LogP contribution in [-0.2, 0) is 0 Å². The lowest BCUT2D eigenvalue weighted by molar-refractivity contribution is 0.247. The zero-order valence-corrected chi connectivity index (χ0v) is 13.9. The SMILES string of the molecule is CN(C(=O)NC1N=C(Oc2ccc(F)cc2)NS1)c1cccc(F)c1. The van der Waals surface area contributed by atoms with Gasteiger partial charge in [0, 0.05) is 24.7 Å². The molecule has 2 N–H and O–H groups in total. The molecule has 9 heteroatoms. The van der Waals surface area contributed by atoms with Crippen molar-refractivity contribution in [1.29, 1.82) is 0 Å². The van der Waals surface area contributed by atoms with E-state index in [1.165, 1.54) is 54.4 Å². The first-order chi connectivity index (χ1) is 12.0. The summed E-state index contributed by atoms with van der Waals surface area (Å²) >= 11 is 1.13. The van der Waals surface area contributed by atoms with Gasteiger partial charge >= 0.3 is 12.1 Å². The molecule has 130 valence electrons. The molecule has 0 fully saturated rings. The van der Waals surface area contributed by atoms with Crippen LogP contribution in [0.5, 0.6) is 5.75 Å². The quantitative estimate of drug-likeness (QED) is 0.822. The van der Waals surface area contributed by atoms with Gasteiger partial charge in [-0.15, -0.1) is 0 Å². The van der Waals surface area contributed by atoms with E-state index < -0.39 is 17.3 Å². The second-order valence-electron chi connectivity index (χ2n) is 5.05. The number of carbonyl (C=O) groups is 1. The van der Waals surface area contributed by atoms with Crippen molar-refractivity contribution >= 4 is 29.7 Å². The number of anilines is 1. The molecule has 0 saturated heterocycles. The first kappa shape index (κ1) is 17.0. The van der Waals surface area contributed by atoms with Gasteiger partial charge in [0.1, 0.15) is 17.4 Å². The van der Waals surface area contributed by atoms with Gasteiger partial charge in [0.05, 0.1) is 0 Å². The van der Waals surface area contributed by atoms with Gasteiger partial charge < -0.3 is 10.1 Å². The van der Waals surface area contributed by atoms with Gasteiger partial charge in [-0.3, -0.25) is 9.62 Å². The average Bonchev–Trinajstić information content (AvgIpc) is 3.03. The Balaban J connectivity index is 1.59. The van der Waals surface area contributed by atoms with E-state index in [1.54, 1.807) is 6.07 Å². The van der Waals surface area contributed by atoms with Crippen LogP contribution in [0.3, 0.4) is 0 Å². The van der Waals surface area contributed by atoms with Gasteiger partial charge in [-0.1, -0.05) is 6.07 Å². The number of urea groups is 1. The van der Waals surface area contributed by atoms with Gasteiger partial charge in [0.25, 0.3) is 0 Å². The molecule has 1 heterocycles. The first-order valence-corrected chi connectivity index (χ1v) is 8.12. The summed E-state index contributed by atoms with van der Waals surface area (Å²) in [6, 6.07) is 10.9. The lowest BCUT2D eigenvalue weighted by Gasteiger charge is -2.19. The zero-order valence-electron chi connectivity index (χ0n) is 13.1. The first-order valence-electron chi connectivity index (χ1n) is 7.24. The molecule has 6 nitrogen and oxygen atoms in total. The van der Waals surface area contributed by atoms with Crippen molar-refractivity contribution in [3.63, 3.8) is 0 Å². The number of nitrogens with zero attached hydrogens (tertiary/aromatic N) is 2. The molecular formula is C16H14F2N4O2S. The molecule has 3 rings (SSSR count). The highest BCUT2D eigenvalue weighted by molar-refractivity contribution is 7.98. The van der Waals surface area contributed by atoms with Crippen LogP contribution in [-0.4, -0.2) is 24.6 Å². The summed E-state index contributed by atoms with van der Waals surface area (Å²) in [6.07, 6.45) is 0. The van der Waals surface area contributed by atoms with Gasteiger partial charge in [-0.2, -0.15) is 4.99 Å². The van der Waals surface area contributed by atoms with Gasteiger partial charge in [0.15, 0.2) is 5.50 Å². The Morgan fingerprint density at radius 2 is 2.00 bits per heavy atom. The lowest BCUT2D eigenvalue weighted by Crippen LogP contribution is -2.40. The fourth-order valence-corrected chi connectivity index (χ4v) is 2.61. The molecule has 0 saturated carbocycles. The summed E-state index contributed by atoms with van der Waals surface area (Å²) in [5, 5.41) is 2.66. The molecule has 1 unspecified atom stereocenters. The highest BCUT2D eigenvalue weighted by atomic mass is 32.2. The van der Waals surface area contributed by atoms with Crippen LogP contribution in [0.25, 0.3) is 0 Å². The van der Waals surface area contributed by atoms with E-state index in [9.17, 15) is 13.6 Å². The van der Waals surface area contributed by atoms with Crippen molar-refractivity contribution in [1.82, 2.24) is 10.0 Å². The molecule has 1 aliphatic heterocycles. The fraction of sp³-hybridized carbons (Fsp3) is 0.125. The van der Waals surface area contributed by atoms with Crippen molar-refractivity contribution in [2.45, 2.75) is 5.50 Å². The minimum Gasteiger partial charge on any atom is -0.425 e. The molecule has 2 amide bonds. The molecule has 25 heavy (non-hydrogen) atoms. The molecule has 1 aliphatic rings. The molecule has 0 aliphatic carbocycles. The Hall–Kier alpha value is -2.81. The third kappa shape index (κ3) is 4.38. The number of nitrogens with one attached hydrogen (secondary N) is 2. The highest BCUT2D eigenvalue weighted by Crippen LogP contribution is 2.19. The van der Waals surface area contributed by atoms with Crippen molar-refractivity contribution in [2.24, 2.45) is 4.99 Å². The van der Waals surface area contributed by atoms with E-state index in [0.29, 0.717) is 11.4 Å². The number of halogens is 2. The van der Waals surface area contributed by atoms with Crippen molar-refractivity contribution in [2.75, 3.05) is 11.9 Å². The maximum atomic E-state index is 13.2. The second kappa shape index (κ2) is 7.39. The third-order valence-corrected chi connectivity index (χ3v) is 4.01. The zero-order chi connectivity index (χ0) is 17.8. The number of amidine groups is 1. The van der Waals surface area contributed by atoms with E-state index in [-0.39, 0.29) is 11.8 Å². The van der Waals surface area contributed by atoms with Crippen LogP contribution in [0, 0.1) is 11.6 Å². The number of ether oxygens (including phenoxy) is 1. The Morgan fingerprint density at radius 1 is 1.24 bits per heavy atom. The predicted molar refractivity (Wildman–Crippen MR) is 92.3 cm³/mol. The number of hydrogen-bond donors (Lipinski definition) is 2. The summed E-state index contributed by atoms with van der Waals surface area (Å²) in [5.41, 5.74) is -0.195. The number of benzene rings is 2. The molecule has 0 bridgehead atoms. The van der Waals surface area contributed by atoms with Crippen LogP contribution < -0.4 is 19.7 Å². The minimum absolute atomic E-state index is 0.190. The number of aliphatic imine (C=N–C) groups is 1. The molecule has 0 aromatic heterocycles. The molecule has 0 radical (unpaired) electrons. The van der Waals surface area contributed by atoms with E-state index in [0.717, 1.165) is 11.9 Å². The van der Waals surface area contributed by atoms with Crippen LogP contribution in [0.1, 0.15) is 0 Å². The monoisotopic (exact) mass is 364 g/mol. The van der Waals surface area contributed by atoms with Crippen molar-refractivity contribution in [3.05, 3.63) is 60.2 Å². The summed E-state index contributed by atoms with van der Waals surface area (Å²) in [7, 11) is 1.52. The molecule has 2 aromatic carbocycles. The van der Waals surface area contributed by atoms with E-state index in [1.807, 2.05) is 0 Å². The van der Waals surface area contributed by atoms with E-state index >= 15 is 0 Å². The second-order valence-corrected chi connectivity index (χ2v) is 5.94. The Kier molecular flexibility index (Phi) is 5.03. The maximum absolute atomic E-state index is 13.2. The normalized spacial score (nSPS) is 16.0. The van der Waals surface area contributed by atoms with Gasteiger partial charge in [-0.05, 0) is 42.5 Å². The average molecular weight is 364 g/mol. The largest absolute Gasteiger partial charge is 0.425 e. The third-order valence-electron chi connectivity index (χ3n) is 3.27. The fourth-order valence-electron chi connectivity index (χ4n) is 1.99. The Labute approximate surface area is 147 Å². The van der Waals surface area contributed by atoms with E-state index in [2.05, 4.69) is 15.0 Å². The summed E-state index contributed by atoms with van der Waals surface area (Å²) < 4.78 is 34.4. The number of amides is 2. The van der Waals surface area contributed by atoms with Crippen LogP contribution in [0.2, 0.25) is 0 Å². The topological polar surface area (TPSA) is 66.0 Å². The van der Waals surface area contributed by atoms with Crippen molar-refractivity contribution < 1.29 is 18.3 Å². The summed E-state index contributed by atoms with van der Waals surface area (Å²) in [5.74, 6) is -0.382. The molecular weight excluding hydrogens is 350 g/mol. The molecule has 0 spiro atoms. The van der Waals surface area contributed by atoms with Gasteiger partial charge in [-0.25, -0.2) is 13.6 Å². The summed E-state index contributed by atoms with van der Waals surface area (Å²) in [6.45, 7) is 0. The number of rotatable bonds is 3. The van der Waals surface area contributed by atoms with Crippen molar-refractivity contribution in [3.8, 4) is 5.75 Å². The number of carbonyl (C=O) groups excluding carboxylic acids is 1. The van der Waals surface area contributed by atoms with Crippen LogP contribution in [0.15, 0.2) is 53.5 Å².